The van der Waals surface area contributed by atoms with Crippen molar-refractivity contribution >= 4 is 5.78 Å². The third kappa shape index (κ3) is 4.51. The molecule has 0 aliphatic carbocycles. The molecule has 0 aliphatic rings. The lowest BCUT2D eigenvalue weighted by Crippen LogP contribution is -2.21. The number of hydrogen-bond donors (Lipinski definition) is 0. The standard InChI is InChI=1S/C12H16FNO2/c1-14(16-2)8-7-12(15)9-10-3-5-11(13)6-4-10/h3-6H,7-9H2,1-2H3. The minimum Gasteiger partial charge on any atom is -0.303 e. The summed E-state index contributed by atoms with van der Waals surface area (Å²) in [5.41, 5.74) is 0.839. The molecule has 1 rings (SSSR count). The van der Waals surface area contributed by atoms with Gasteiger partial charge in [-0.25, -0.2) is 4.39 Å². The number of ketones is 1. The van der Waals surface area contributed by atoms with E-state index < -0.39 is 0 Å². The van der Waals surface area contributed by atoms with Gasteiger partial charge in [-0.15, -0.1) is 0 Å². The van der Waals surface area contributed by atoms with Gasteiger partial charge in [0.15, 0.2) is 0 Å². The molecule has 0 unspecified atom stereocenters. The lowest BCUT2D eigenvalue weighted by atomic mass is 10.1. The molecule has 4 heteroatoms. The van der Waals surface area contributed by atoms with Crippen LogP contribution >= 0.6 is 0 Å². The Labute approximate surface area is 94.8 Å². The molecular weight excluding hydrogens is 209 g/mol. The molecule has 0 saturated heterocycles. The summed E-state index contributed by atoms with van der Waals surface area (Å²) >= 11 is 0. The predicted octanol–water partition coefficient (Wildman–Crippen LogP) is 1.82. The van der Waals surface area contributed by atoms with Crippen molar-refractivity contribution in [2.24, 2.45) is 0 Å². The Hall–Kier alpha value is -1.26. The molecular formula is C12H16FNO2. The van der Waals surface area contributed by atoms with Gasteiger partial charge in [-0.1, -0.05) is 12.1 Å². The molecule has 0 atom stereocenters. The average molecular weight is 225 g/mol. The van der Waals surface area contributed by atoms with Crippen LogP contribution in [0.2, 0.25) is 0 Å². The van der Waals surface area contributed by atoms with E-state index in [1.165, 1.54) is 12.1 Å². The van der Waals surface area contributed by atoms with Gasteiger partial charge in [0.05, 0.1) is 7.11 Å². The Kier molecular flexibility index (Phi) is 5.08. The van der Waals surface area contributed by atoms with Crippen LogP contribution < -0.4 is 0 Å². The Morgan fingerprint density at radius 1 is 1.38 bits per heavy atom. The molecule has 3 nitrogen and oxygen atoms in total. The molecule has 0 radical (unpaired) electrons. The largest absolute Gasteiger partial charge is 0.303 e. The molecule has 88 valence electrons. The first-order valence-electron chi connectivity index (χ1n) is 5.13. The molecule has 0 bridgehead atoms. The number of carbonyl (C=O) groups excluding carboxylic acids is 1. The fraction of sp³-hybridized carbons (Fsp3) is 0.417. The van der Waals surface area contributed by atoms with Gasteiger partial charge in [0.1, 0.15) is 11.6 Å². The molecule has 0 heterocycles. The number of hydroxylamine groups is 2. The van der Waals surface area contributed by atoms with Gasteiger partial charge in [0.2, 0.25) is 0 Å². The monoisotopic (exact) mass is 225 g/mol. The van der Waals surface area contributed by atoms with Crippen LogP contribution in [0.25, 0.3) is 0 Å². The highest BCUT2D eigenvalue weighted by molar-refractivity contribution is 5.80. The molecule has 0 aliphatic heterocycles. The molecule has 0 amide bonds. The van der Waals surface area contributed by atoms with E-state index in [2.05, 4.69) is 0 Å². The first-order valence-corrected chi connectivity index (χ1v) is 5.13. The van der Waals surface area contributed by atoms with Crippen LogP contribution in [0.3, 0.4) is 0 Å². The van der Waals surface area contributed by atoms with Crippen molar-refractivity contribution in [2.75, 3.05) is 20.7 Å². The quantitative estimate of drug-likeness (QED) is 0.692. The maximum absolute atomic E-state index is 12.6. The van der Waals surface area contributed by atoms with Crippen molar-refractivity contribution in [3.8, 4) is 0 Å². The topological polar surface area (TPSA) is 29.5 Å². The molecule has 1 aromatic rings. The van der Waals surface area contributed by atoms with Crippen LogP contribution in [-0.4, -0.2) is 31.5 Å². The summed E-state index contributed by atoms with van der Waals surface area (Å²) in [5, 5.41) is 1.60. The molecule has 0 fully saturated rings. The summed E-state index contributed by atoms with van der Waals surface area (Å²) in [6, 6.07) is 5.99. The number of nitrogens with zero attached hydrogens (tertiary/aromatic N) is 1. The van der Waals surface area contributed by atoms with E-state index in [1.54, 1.807) is 31.4 Å². The summed E-state index contributed by atoms with van der Waals surface area (Å²) in [6.07, 6.45) is 0.777. The molecule has 16 heavy (non-hydrogen) atoms. The van der Waals surface area contributed by atoms with Gasteiger partial charge in [0.25, 0.3) is 0 Å². The van der Waals surface area contributed by atoms with Crippen LogP contribution in [-0.2, 0) is 16.1 Å². The van der Waals surface area contributed by atoms with Crippen molar-refractivity contribution in [3.05, 3.63) is 35.6 Å². The van der Waals surface area contributed by atoms with E-state index in [0.717, 1.165) is 5.56 Å². The van der Waals surface area contributed by atoms with Gasteiger partial charge < -0.3 is 4.84 Å². The van der Waals surface area contributed by atoms with Crippen molar-refractivity contribution in [3.63, 3.8) is 0 Å². The first kappa shape index (κ1) is 12.8. The maximum atomic E-state index is 12.6. The molecule has 0 N–H and O–H groups in total. The fourth-order valence-electron chi connectivity index (χ4n) is 1.29. The minimum absolute atomic E-state index is 0.121. The highest BCUT2D eigenvalue weighted by Crippen LogP contribution is 2.05. The number of hydrogen-bond acceptors (Lipinski definition) is 3. The van der Waals surface area contributed by atoms with Gasteiger partial charge in [-0.05, 0) is 17.7 Å². The van der Waals surface area contributed by atoms with Crippen molar-refractivity contribution in [1.29, 1.82) is 0 Å². The second-order valence-electron chi connectivity index (χ2n) is 3.63. The Morgan fingerprint density at radius 3 is 2.56 bits per heavy atom. The Morgan fingerprint density at radius 2 is 2.00 bits per heavy atom. The van der Waals surface area contributed by atoms with E-state index in [0.29, 0.717) is 19.4 Å². The van der Waals surface area contributed by atoms with Gasteiger partial charge in [0, 0.05) is 26.4 Å². The highest BCUT2D eigenvalue weighted by Gasteiger charge is 2.05. The van der Waals surface area contributed by atoms with Crippen LogP contribution in [0.15, 0.2) is 24.3 Å². The van der Waals surface area contributed by atoms with Crippen LogP contribution in [0.5, 0.6) is 0 Å². The summed E-state index contributed by atoms with van der Waals surface area (Å²) in [5.74, 6) is -0.161. The van der Waals surface area contributed by atoms with Crippen LogP contribution in [0.4, 0.5) is 4.39 Å². The van der Waals surface area contributed by atoms with Gasteiger partial charge in [-0.2, -0.15) is 5.06 Å². The summed E-state index contributed by atoms with van der Waals surface area (Å²) in [7, 11) is 3.33. The third-order valence-corrected chi connectivity index (χ3v) is 2.33. The third-order valence-electron chi connectivity index (χ3n) is 2.33. The molecule has 0 saturated carbocycles. The fourth-order valence-corrected chi connectivity index (χ4v) is 1.29. The van der Waals surface area contributed by atoms with Gasteiger partial charge in [-0.3, -0.25) is 4.79 Å². The number of carbonyl (C=O) groups is 1. The van der Waals surface area contributed by atoms with Gasteiger partial charge >= 0.3 is 0 Å². The number of benzene rings is 1. The summed E-state index contributed by atoms with van der Waals surface area (Å²) in [6.45, 7) is 0.566. The van der Waals surface area contributed by atoms with Crippen molar-refractivity contribution in [1.82, 2.24) is 5.06 Å². The molecule has 0 spiro atoms. The second kappa shape index (κ2) is 6.35. The van der Waals surface area contributed by atoms with Crippen LogP contribution in [0, 0.1) is 5.82 Å². The summed E-state index contributed by atoms with van der Waals surface area (Å²) < 4.78 is 12.6. The average Bonchev–Trinajstić information content (AvgIpc) is 2.29. The smallest absolute Gasteiger partial charge is 0.138 e. The zero-order valence-electron chi connectivity index (χ0n) is 9.57. The van der Waals surface area contributed by atoms with Crippen LogP contribution in [0.1, 0.15) is 12.0 Å². The number of rotatable bonds is 6. The molecule has 1 aromatic carbocycles. The van der Waals surface area contributed by atoms with E-state index in [4.69, 9.17) is 4.84 Å². The predicted molar refractivity (Wildman–Crippen MR) is 59.4 cm³/mol. The Bertz CT molecular complexity index is 337. The maximum Gasteiger partial charge on any atom is 0.138 e. The number of halogens is 1. The minimum atomic E-state index is -0.282. The van der Waals surface area contributed by atoms with E-state index in [1.807, 2.05) is 0 Å². The van der Waals surface area contributed by atoms with E-state index >= 15 is 0 Å². The molecule has 0 aromatic heterocycles. The van der Waals surface area contributed by atoms with E-state index in [9.17, 15) is 9.18 Å². The lowest BCUT2D eigenvalue weighted by Gasteiger charge is -2.12. The van der Waals surface area contributed by atoms with Crippen molar-refractivity contribution < 1.29 is 14.0 Å². The zero-order chi connectivity index (χ0) is 12.0. The second-order valence-corrected chi connectivity index (χ2v) is 3.63. The van der Waals surface area contributed by atoms with Crippen molar-refractivity contribution in [2.45, 2.75) is 12.8 Å². The number of Topliss-reactive ketones (excluding diaryl/α,β-unsaturated/α-hetero) is 1. The first-order chi connectivity index (χ1) is 7.61. The Balaban J connectivity index is 2.37. The zero-order valence-corrected chi connectivity index (χ0v) is 9.57. The summed E-state index contributed by atoms with van der Waals surface area (Å²) in [4.78, 5) is 16.4. The SMILES string of the molecule is CON(C)CCC(=O)Cc1ccc(F)cc1. The normalized spacial score (nSPS) is 10.8. The van der Waals surface area contributed by atoms with E-state index in [-0.39, 0.29) is 11.6 Å². The highest BCUT2D eigenvalue weighted by atomic mass is 19.1. The lowest BCUT2D eigenvalue weighted by molar-refractivity contribution is -0.128.